The summed E-state index contributed by atoms with van der Waals surface area (Å²) in [5.74, 6) is 1.50. The second-order valence-corrected chi connectivity index (χ2v) is 7.97. The van der Waals surface area contributed by atoms with E-state index in [1.807, 2.05) is 42.8 Å². The van der Waals surface area contributed by atoms with Crippen molar-refractivity contribution in [1.82, 2.24) is 14.9 Å². The molecule has 150 valence electrons. The number of rotatable bonds is 5. The molecule has 0 bridgehead atoms. The van der Waals surface area contributed by atoms with Gasteiger partial charge in [-0.3, -0.25) is 4.79 Å². The predicted molar refractivity (Wildman–Crippen MR) is 114 cm³/mol. The Morgan fingerprint density at radius 2 is 1.90 bits per heavy atom. The summed E-state index contributed by atoms with van der Waals surface area (Å²) in [5.41, 5.74) is 6.40. The lowest BCUT2D eigenvalue weighted by atomic mass is 10.0. The molecule has 1 aliphatic rings. The molecule has 0 aliphatic carbocycles. The molecule has 2 aromatic carbocycles. The minimum Gasteiger partial charge on any atom is -0.497 e. The highest BCUT2D eigenvalue weighted by atomic mass is 32.2. The van der Waals surface area contributed by atoms with Crippen LogP contribution in [0.1, 0.15) is 29.9 Å². The molecule has 0 unspecified atom stereocenters. The van der Waals surface area contributed by atoms with Crippen molar-refractivity contribution in [3.8, 4) is 5.75 Å². The van der Waals surface area contributed by atoms with E-state index in [4.69, 9.17) is 4.74 Å². The Morgan fingerprint density at radius 3 is 2.55 bits per heavy atom. The Kier molecular flexibility index (Phi) is 5.44. The Labute approximate surface area is 173 Å². The number of carbonyl (C=O) groups excluding carboxylic acids is 1. The van der Waals surface area contributed by atoms with Crippen LogP contribution in [0.15, 0.2) is 53.7 Å². The molecular weight excluding hydrogens is 386 g/mol. The van der Waals surface area contributed by atoms with Gasteiger partial charge in [-0.25, -0.2) is 4.68 Å². The first kappa shape index (κ1) is 19.3. The average molecular weight is 410 g/mol. The van der Waals surface area contributed by atoms with Gasteiger partial charge in [0.15, 0.2) is 5.82 Å². The zero-order valence-electron chi connectivity index (χ0n) is 16.5. The van der Waals surface area contributed by atoms with Gasteiger partial charge in [0.25, 0.3) is 0 Å². The first-order valence-electron chi connectivity index (χ1n) is 9.48. The molecule has 1 aromatic heterocycles. The number of hydrogen-bond donors (Lipinski definition) is 2. The van der Waals surface area contributed by atoms with Crippen LogP contribution in [-0.2, 0) is 11.2 Å². The normalized spacial score (nSPS) is 17.9. The highest BCUT2D eigenvalue weighted by Crippen LogP contribution is 2.37. The van der Waals surface area contributed by atoms with Crippen molar-refractivity contribution in [2.75, 3.05) is 17.9 Å². The van der Waals surface area contributed by atoms with Crippen molar-refractivity contribution in [2.24, 2.45) is 0 Å². The number of methoxy groups -OCH3 is 1. The monoisotopic (exact) mass is 409 g/mol. The summed E-state index contributed by atoms with van der Waals surface area (Å²) in [7, 11) is 1.62. The molecule has 2 atom stereocenters. The number of fused-ring (bicyclic) bond motifs is 1. The summed E-state index contributed by atoms with van der Waals surface area (Å²) in [6.45, 7) is 4.08. The van der Waals surface area contributed by atoms with Gasteiger partial charge in [-0.15, -0.1) is 10.2 Å². The first-order chi connectivity index (χ1) is 14.1. The van der Waals surface area contributed by atoms with Gasteiger partial charge in [-0.1, -0.05) is 48.5 Å². The van der Waals surface area contributed by atoms with E-state index in [-0.39, 0.29) is 11.9 Å². The molecule has 0 spiro atoms. The van der Waals surface area contributed by atoms with Crippen LogP contribution in [-0.4, -0.2) is 33.1 Å². The lowest BCUT2D eigenvalue weighted by Gasteiger charge is -2.33. The van der Waals surface area contributed by atoms with Crippen LogP contribution < -0.4 is 15.5 Å². The smallest absolute Gasteiger partial charge is 0.240 e. The maximum Gasteiger partial charge on any atom is 0.240 e. The third-order valence-corrected chi connectivity index (χ3v) is 6.09. The van der Waals surface area contributed by atoms with Gasteiger partial charge < -0.3 is 15.5 Å². The summed E-state index contributed by atoms with van der Waals surface area (Å²) in [4.78, 5) is 13.2. The molecule has 1 amide bonds. The maximum absolute atomic E-state index is 13.2. The van der Waals surface area contributed by atoms with Crippen LogP contribution in [0.2, 0.25) is 0 Å². The molecular formula is C21H23N5O2S. The number of aryl methyl sites for hydroxylation is 2. The van der Waals surface area contributed by atoms with Crippen LogP contribution in [0.3, 0.4) is 0 Å². The van der Waals surface area contributed by atoms with Gasteiger partial charge in [0.05, 0.1) is 13.2 Å². The largest absolute Gasteiger partial charge is 0.497 e. The molecule has 3 aromatic rings. The van der Waals surface area contributed by atoms with Crippen LogP contribution >= 0.6 is 11.8 Å². The van der Waals surface area contributed by atoms with Gasteiger partial charge in [0, 0.05) is 12.1 Å². The summed E-state index contributed by atoms with van der Waals surface area (Å²) in [5, 5.41) is 11.8. The second kappa shape index (κ2) is 8.16. The highest BCUT2D eigenvalue weighted by molar-refractivity contribution is 8.00. The number of nitrogens with zero attached hydrogens (tertiary/aromatic N) is 3. The van der Waals surface area contributed by atoms with Crippen molar-refractivity contribution in [1.29, 1.82) is 0 Å². The number of anilines is 1. The Bertz CT molecular complexity index is 1000. The first-order valence-corrected chi connectivity index (χ1v) is 10.4. The van der Waals surface area contributed by atoms with Crippen LogP contribution in [0.25, 0.3) is 0 Å². The minimum atomic E-state index is -0.402. The Hall–Kier alpha value is -3.00. The van der Waals surface area contributed by atoms with E-state index in [2.05, 4.69) is 45.2 Å². The van der Waals surface area contributed by atoms with Gasteiger partial charge in [0.1, 0.15) is 11.0 Å². The summed E-state index contributed by atoms with van der Waals surface area (Å²) >= 11 is 1.43. The lowest BCUT2D eigenvalue weighted by Crippen LogP contribution is -2.41. The van der Waals surface area contributed by atoms with Gasteiger partial charge in [0.2, 0.25) is 11.1 Å². The highest BCUT2D eigenvalue weighted by Gasteiger charge is 2.37. The predicted octanol–water partition coefficient (Wildman–Crippen LogP) is 3.56. The summed E-state index contributed by atoms with van der Waals surface area (Å²) in [6, 6.07) is 15.3. The molecule has 4 rings (SSSR count). The standard InChI is InChI=1S/C21H23N5O2S/c1-4-17-23-24-21-26(17)25-18(14-7-5-13(2)6-8-14)19(29-21)20(27)22-15-9-11-16(28-3)12-10-15/h5-12,18-19,25H,4H2,1-3H3,(H,22,27)/t18-,19-/m1/s1. The molecule has 0 fully saturated rings. The third-order valence-electron chi connectivity index (χ3n) is 4.87. The lowest BCUT2D eigenvalue weighted by molar-refractivity contribution is -0.116. The Morgan fingerprint density at radius 1 is 1.17 bits per heavy atom. The van der Waals surface area contributed by atoms with Crippen molar-refractivity contribution >= 4 is 23.4 Å². The Balaban J connectivity index is 1.63. The number of nitrogens with one attached hydrogen (secondary N) is 2. The topological polar surface area (TPSA) is 81.1 Å². The SMILES string of the molecule is CCc1nnc2n1N[C@H](c1ccc(C)cc1)[C@H](C(=O)Nc1ccc(OC)cc1)S2. The van der Waals surface area contributed by atoms with Gasteiger partial charge in [-0.2, -0.15) is 0 Å². The quantitative estimate of drug-likeness (QED) is 0.671. The molecule has 0 radical (unpaired) electrons. The van der Waals surface area contributed by atoms with Gasteiger partial charge in [-0.05, 0) is 36.8 Å². The molecule has 8 heteroatoms. The number of amides is 1. The number of aromatic nitrogens is 3. The molecule has 0 saturated carbocycles. The maximum atomic E-state index is 13.2. The molecule has 1 aliphatic heterocycles. The van der Waals surface area contributed by atoms with E-state index >= 15 is 0 Å². The molecule has 2 N–H and O–H groups in total. The van der Waals surface area contributed by atoms with E-state index in [0.717, 1.165) is 29.2 Å². The van der Waals surface area contributed by atoms with Crippen molar-refractivity contribution in [2.45, 2.75) is 36.7 Å². The van der Waals surface area contributed by atoms with Crippen LogP contribution in [0.5, 0.6) is 5.75 Å². The zero-order valence-corrected chi connectivity index (χ0v) is 17.4. The molecule has 0 saturated heterocycles. The number of carbonyl (C=O) groups is 1. The number of benzene rings is 2. The van der Waals surface area contributed by atoms with E-state index in [0.29, 0.717) is 5.16 Å². The fraction of sp³-hybridized carbons (Fsp3) is 0.286. The van der Waals surface area contributed by atoms with E-state index < -0.39 is 5.25 Å². The molecule has 7 nitrogen and oxygen atoms in total. The van der Waals surface area contributed by atoms with Crippen molar-refractivity contribution in [3.63, 3.8) is 0 Å². The van der Waals surface area contributed by atoms with E-state index in [1.165, 1.54) is 17.3 Å². The van der Waals surface area contributed by atoms with Crippen molar-refractivity contribution in [3.05, 3.63) is 65.5 Å². The van der Waals surface area contributed by atoms with Gasteiger partial charge >= 0.3 is 0 Å². The zero-order chi connectivity index (χ0) is 20.4. The van der Waals surface area contributed by atoms with Crippen LogP contribution in [0, 0.1) is 6.92 Å². The van der Waals surface area contributed by atoms with Crippen molar-refractivity contribution < 1.29 is 9.53 Å². The third kappa shape index (κ3) is 3.93. The average Bonchev–Trinajstić information content (AvgIpc) is 3.16. The fourth-order valence-electron chi connectivity index (χ4n) is 3.24. The number of thioether (sulfide) groups is 1. The second-order valence-electron chi connectivity index (χ2n) is 6.86. The van der Waals surface area contributed by atoms with E-state index in [1.54, 1.807) is 7.11 Å². The summed E-state index contributed by atoms with van der Waals surface area (Å²) in [6.07, 6.45) is 0.754. The minimum absolute atomic E-state index is 0.0921. The fourth-order valence-corrected chi connectivity index (χ4v) is 4.34. The number of hydrogen-bond acceptors (Lipinski definition) is 6. The van der Waals surface area contributed by atoms with E-state index in [9.17, 15) is 4.79 Å². The van der Waals surface area contributed by atoms with Crippen LogP contribution in [0.4, 0.5) is 5.69 Å². The molecule has 2 heterocycles. The summed E-state index contributed by atoms with van der Waals surface area (Å²) < 4.78 is 7.08. The molecule has 29 heavy (non-hydrogen) atoms. The number of ether oxygens (including phenoxy) is 1.